The molecule has 8 rings (SSSR count). The van der Waals surface area contributed by atoms with Crippen LogP contribution in [0.3, 0.4) is 0 Å². The van der Waals surface area contributed by atoms with Gasteiger partial charge in [-0.05, 0) is 101 Å². The van der Waals surface area contributed by atoms with Crippen molar-refractivity contribution in [2.24, 2.45) is 0 Å². The maximum absolute atomic E-state index is 3.57. The van der Waals surface area contributed by atoms with Crippen molar-refractivity contribution in [3.05, 3.63) is 175 Å². The fraction of sp³-hybridized carbons (Fsp3) is 0.0233. The number of rotatable bonds is 6. The van der Waals surface area contributed by atoms with E-state index in [9.17, 15) is 0 Å². The first-order chi connectivity index (χ1) is 22.2. The number of anilines is 2. The Morgan fingerprint density at radius 1 is 0.378 bits per heavy atom. The Hall–Kier alpha value is -5.86. The van der Waals surface area contributed by atoms with Crippen LogP contribution in [0.25, 0.3) is 60.9 Å². The Morgan fingerprint density at radius 3 is 1.56 bits per heavy atom. The maximum Gasteiger partial charge on any atom is 0.0541 e. The molecule has 45 heavy (non-hydrogen) atoms. The molecule has 1 N–H and O–H groups in total. The van der Waals surface area contributed by atoms with Gasteiger partial charge in [0.1, 0.15) is 0 Å². The average Bonchev–Trinajstić information content (AvgIpc) is 3.43. The molecule has 0 bridgehead atoms. The molecule has 0 spiro atoms. The van der Waals surface area contributed by atoms with Crippen molar-refractivity contribution in [1.29, 1.82) is 0 Å². The van der Waals surface area contributed by atoms with Crippen LogP contribution in [0, 0.1) is 6.92 Å². The minimum Gasteiger partial charge on any atom is -0.356 e. The van der Waals surface area contributed by atoms with Gasteiger partial charge in [0, 0.05) is 27.8 Å². The highest BCUT2D eigenvalue weighted by atomic mass is 15.0. The zero-order chi connectivity index (χ0) is 30.2. The summed E-state index contributed by atoms with van der Waals surface area (Å²) in [6, 6.07) is 60.9. The Bertz CT molecular complexity index is 2260. The summed E-state index contributed by atoms with van der Waals surface area (Å²) in [6.45, 7) is 2.13. The molecule has 0 saturated heterocycles. The van der Waals surface area contributed by atoms with Crippen LogP contribution in [0.1, 0.15) is 5.56 Å². The number of aryl methyl sites for hydroxylation is 1. The summed E-state index contributed by atoms with van der Waals surface area (Å²) in [5, 5.41) is 6.11. The Balaban J connectivity index is 1.04. The zero-order valence-corrected chi connectivity index (χ0v) is 25.1. The molecule has 0 saturated carbocycles. The molecule has 2 nitrogen and oxygen atoms in total. The molecule has 0 unspecified atom stereocenters. The Labute approximate surface area is 263 Å². The summed E-state index contributed by atoms with van der Waals surface area (Å²) in [5.41, 5.74) is 14.3. The smallest absolute Gasteiger partial charge is 0.0541 e. The van der Waals surface area contributed by atoms with Crippen molar-refractivity contribution in [3.8, 4) is 39.1 Å². The van der Waals surface area contributed by atoms with E-state index in [0.29, 0.717) is 0 Å². The molecule has 214 valence electrons. The lowest BCUT2D eigenvalue weighted by Gasteiger charge is -2.11. The van der Waals surface area contributed by atoms with E-state index in [1.165, 1.54) is 66.4 Å². The minimum atomic E-state index is 1.06. The van der Waals surface area contributed by atoms with Gasteiger partial charge in [-0.15, -0.1) is 0 Å². The van der Waals surface area contributed by atoms with E-state index in [4.69, 9.17) is 0 Å². The lowest BCUT2D eigenvalue weighted by Crippen LogP contribution is -1.93. The molecular weight excluding hydrogens is 544 g/mol. The molecule has 1 heterocycles. The molecule has 0 aliphatic heterocycles. The third-order valence-corrected chi connectivity index (χ3v) is 8.66. The first-order valence-corrected chi connectivity index (χ1v) is 15.4. The van der Waals surface area contributed by atoms with Crippen molar-refractivity contribution in [3.63, 3.8) is 0 Å². The van der Waals surface area contributed by atoms with Crippen molar-refractivity contribution < 1.29 is 0 Å². The van der Waals surface area contributed by atoms with Crippen LogP contribution in [0.2, 0.25) is 0 Å². The predicted octanol–water partition coefficient (Wildman–Crippen LogP) is 11.8. The highest BCUT2D eigenvalue weighted by Crippen LogP contribution is 2.35. The van der Waals surface area contributed by atoms with Crippen molar-refractivity contribution >= 4 is 33.2 Å². The van der Waals surface area contributed by atoms with E-state index in [0.717, 1.165) is 11.4 Å². The summed E-state index contributed by atoms with van der Waals surface area (Å²) < 4.78 is 2.37. The monoisotopic (exact) mass is 576 g/mol. The maximum atomic E-state index is 3.57. The molecule has 0 fully saturated rings. The Kier molecular flexibility index (Phi) is 6.73. The molecular formula is C43H32N2. The molecule has 0 radical (unpaired) electrons. The molecule has 0 atom stereocenters. The normalized spacial score (nSPS) is 11.2. The fourth-order valence-electron chi connectivity index (χ4n) is 6.29. The van der Waals surface area contributed by atoms with Gasteiger partial charge < -0.3 is 9.88 Å². The molecule has 8 aromatic rings. The van der Waals surface area contributed by atoms with Gasteiger partial charge in [0.25, 0.3) is 0 Å². The molecule has 0 amide bonds. The number of hydrogen-bond donors (Lipinski definition) is 1. The van der Waals surface area contributed by atoms with Crippen molar-refractivity contribution in [2.45, 2.75) is 6.92 Å². The van der Waals surface area contributed by atoms with Gasteiger partial charge in [0.15, 0.2) is 0 Å². The lowest BCUT2D eigenvalue weighted by atomic mass is 9.99. The highest BCUT2D eigenvalue weighted by molar-refractivity contribution is 6.10. The standard InChI is InChI=1S/C43H32N2/c1-30-14-25-39(26-15-30)45-42-13-6-5-12-40(42)41-29-36(20-27-43(41)45)33-18-23-38(24-19-33)44-37-21-16-32(17-22-37)35-11-7-10-34(28-35)31-8-3-2-4-9-31/h2-29,44H,1H3. The van der Waals surface area contributed by atoms with Crippen LogP contribution in [0.4, 0.5) is 11.4 Å². The molecule has 2 heteroatoms. The molecule has 0 aliphatic carbocycles. The van der Waals surface area contributed by atoms with E-state index in [1.54, 1.807) is 0 Å². The van der Waals surface area contributed by atoms with E-state index in [2.05, 4.69) is 187 Å². The van der Waals surface area contributed by atoms with Gasteiger partial charge in [0.05, 0.1) is 11.0 Å². The summed E-state index contributed by atoms with van der Waals surface area (Å²) in [7, 11) is 0. The zero-order valence-electron chi connectivity index (χ0n) is 25.1. The molecule has 7 aromatic carbocycles. The van der Waals surface area contributed by atoms with Gasteiger partial charge in [-0.1, -0.05) is 115 Å². The number of nitrogens with zero attached hydrogens (tertiary/aromatic N) is 1. The first kappa shape index (κ1) is 26.7. The van der Waals surface area contributed by atoms with Crippen LogP contribution < -0.4 is 5.32 Å². The van der Waals surface area contributed by atoms with Crippen molar-refractivity contribution in [2.75, 3.05) is 5.32 Å². The predicted molar refractivity (Wildman–Crippen MR) is 192 cm³/mol. The van der Waals surface area contributed by atoms with Crippen molar-refractivity contribution in [1.82, 2.24) is 4.57 Å². The number of para-hydroxylation sites is 1. The quantitative estimate of drug-likeness (QED) is 0.208. The largest absolute Gasteiger partial charge is 0.356 e. The van der Waals surface area contributed by atoms with Crippen LogP contribution >= 0.6 is 0 Å². The fourth-order valence-corrected chi connectivity index (χ4v) is 6.29. The third kappa shape index (κ3) is 5.17. The van der Waals surface area contributed by atoms with Gasteiger partial charge in [-0.25, -0.2) is 0 Å². The molecule has 1 aromatic heterocycles. The van der Waals surface area contributed by atoms with Crippen LogP contribution in [-0.2, 0) is 0 Å². The number of hydrogen-bond acceptors (Lipinski definition) is 1. The first-order valence-electron chi connectivity index (χ1n) is 15.4. The van der Waals surface area contributed by atoms with Crippen LogP contribution in [0.5, 0.6) is 0 Å². The number of aromatic nitrogens is 1. The van der Waals surface area contributed by atoms with E-state index >= 15 is 0 Å². The minimum absolute atomic E-state index is 1.06. The van der Waals surface area contributed by atoms with E-state index in [-0.39, 0.29) is 0 Å². The second-order valence-corrected chi connectivity index (χ2v) is 11.6. The van der Waals surface area contributed by atoms with E-state index in [1.807, 2.05) is 0 Å². The van der Waals surface area contributed by atoms with E-state index < -0.39 is 0 Å². The van der Waals surface area contributed by atoms with Gasteiger partial charge in [-0.2, -0.15) is 0 Å². The summed E-state index contributed by atoms with van der Waals surface area (Å²) in [5.74, 6) is 0. The molecule has 0 aliphatic rings. The third-order valence-electron chi connectivity index (χ3n) is 8.66. The van der Waals surface area contributed by atoms with Gasteiger partial charge in [-0.3, -0.25) is 0 Å². The second kappa shape index (κ2) is 11.3. The summed E-state index contributed by atoms with van der Waals surface area (Å²) >= 11 is 0. The Morgan fingerprint density at radius 2 is 0.889 bits per heavy atom. The number of fused-ring (bicyclic) bond motifs is 3. The lowest BCUT2D eigenvalue weighted by molar-refractivity contribution is 1.17. The average molecular weight is 577 g/mol. The van der Waals surface area contributed by atoms with Gasteiger partial charge >= 0.3 is 0 Å². The highest BCUT2D eigenvalue weighted by Gasteiger charge is 2.13. The summed E-state index contributed by atoms with van der Waals surface area (Å²) in [4.78, 5) is 0. The number of nitrogens with one attached hydrogen (secondary N) is 1. The number of benzene rings is 7. The summed E-state index contributed by atoms with van der Waals surface area (Å²) in [6.07, 6.45) is 0. The van der Waals surface area contributed by atoms with Crippen LogP contribution in [0.15, 0.2) is 170 Å². The van der Waals surface area contributed by atoms with Crippen LogP contribution in [-0.4, -0.2) is 4.57 Å². The SMILES string of the molecule is Cc1ccc(-n2c3ccccc3c3cc(-c4ccc(Nc5ccc(-c6cccc(-c7ccccc7)c6)cc5)cc4)ccc32)cc1. The van der Waals surface area contributed by atoms with Gasteiger partial charge in [0.2, 0.25) is 0 Å². The topological polar surface area (TPSA) is 17.0 Å². The second-order valence-electron chi connectivity index (χ2n) is 11.6.